The Morgan fingerprint density at radius 2 is 1.89 bits per heavy atom. The molecule has 1 heterocycles. The lowest BCUT2D eigenvalue weighted by Crippen LogP contribution is -2.02. The van der Waals surface area contributed by atoms with E-state index in [-0.39, 0.29) is 0 Å². The number of halogens is 1. The third kappa shape index (κ3) is 2.72. The third-order valence-corrected chi connectivity index (χ3v) is 3.54. The van der Waals surface area contributed by atoms with E-state index in [4.69, 9.17) is 5.73 Å². The molecular weight excluding hydrogens is 339 g/mol. The number of nitrogens with one attached hydrogen (secondary N) is 1. The van der Waals surface area contributed by atoms with E-state index in [1.165, 1.54) is 16.4 Å². The minimum Gasteiger partial charge on any atom is -0.384 e. The first-order valence-electron chi connectivity index (χ1n) is 5.88. The van der Waals surface area contributed by atoms with Crippen LogP contribution in [0.2, 0.25) is 0 Å². The minimum absolute atomic E-state index is 0.505. The van der Waals surface area contributed by atoms with Crippen LogP contribution >= 0.6 is 22.6 Å². The number of rotatable bonds is 3. The minimum atomic E-state index is 0.505. The number of nitrogens with zero attached hydrogens (tertiary/aromatic N) is 2. The van der Waals surface area contributed by atoms with Crippen LogP contribution in [0.1, 0.15) is 24.6 Å². The summed E-state index contributed by atoms with van der Waals surface area (Å²) in [6, 6.07) is 9.92. The topological polar surface area (TPSA) is 63.8 Å². The number of aromatic nitrogens is 2. The first kappa shape index (κ1) is 11.7. The van der Waals surface area contributed by atoms with Crippen LogP contribution in [0, 0.1) is 3.57 Å². The fraction of sp³-hybridized carbons (Fsp3) is 0.231. The first-order valence-corrected chi connectivity index (χ1v) is 6.95. The number of anilines is 3. The van der Waals surface area contributed by atoms with Crippen molar-refractivity contribution >= 4 is 39.9 Å². The van der Waals surface area contributed by atoms with Crippen molar-refractivity contribution in [1.82, 2.24) is 9.97 Å². The average Bonchev–Trinajstić information content (AvgIpc) is 3.15. The Morgan fingerprint density at radius 1 is 1.17 bits per heavy atom. The molecule has 0 saturated heterocycles. The molecule has 0 bridgehead atoms. The van der Waals surface area contributed by atoms with E-state index in [1.54, 1.807) is 6.07 Å². The second kappa shape index (κ2) is 4.72. The number of hydrogen-bond acceptors (Lipinski definition) is 4. The van der Waals surface area contributed by atoms with Gasteiger partial charge in [-0.2, -0.15) is 0 Å². The van der Waals surface area contributed by atoms with Gasteiger partial charge in [0.15, 0.2) is 0 Å². The fourth-order valence-corrected chi connectivity index (χ4v) is 2.11. The summed E-state index contributed by atoms with van der Waals surface area (Å²) in [6.45, 7) is 0. The fourth-order valence-electron chi connectivity index (χ4n) is 1.75. The molecule has 92 valence electrons. The molecule has 1 aliphatic carbocycles. The largest absolute Gasteiger partial charge is 0.384 e. The lowest BCUT2D eigenvalue weighted by atomic mass is 10.3. The molecule has 3 rings (SSSR count). The molecule has 0 amide bonds. The molecule has 1 saturated carbocycles. The lowest BCUT2D eigenvalue weighted by molar-refractivity contribution is 0.936. The predicted octanol–water partition coefficient (Wildman–Crippen LogP) is 3.28. The zero-order valence-corrected chi connectivity index (χ0v) is 11.9. The van der Waals surface area contributed by atoms with Gasteiger partial charge in [-0.15, -0.1) is 0 Å². The standard InChI is InChI=1S/C13H13IN4/c14-9-3-5-10(6-4-9)16-12-7-11(15)17-13(18-12)8-1-2-8/h3-8H,1-2H2,(H3,15,16,17,18). The summed E-state index contributed by atoms with van der Waals surface area (Å²) in [5.41, 5.74) is 6.82. The first-order chi connectivity index (χ1) is 8.70. The molecule has 0 radical (unpaired) electrons. The molecule has 1 aromatic heterocycles. The van der Waals surface area contributed by atoms with Crippen molar-refractivity contribution in [2.45, 2.75) is 18.8 Å². The summed E-state index contributed by atoms with van der Waals surface area (Å²) in [5, 5.41) is 3.26. The Kier molecular flexibility index (Phi) is 3.07. The third-order valence-electron chi connectivity index (χ3n) is 2.82. The Morgan fingerprint density at radius 3 is 2.56 bits per heavy atom. The van der Waals surface area contributed by atoms with E-state index in [0.29, 0.717) is 11.7 Å². The maximum atomic E-state index is 5.81. The van der Waals surface area contributed by atoms with Crippen molar-refractivity contribution in [3.8, 4) is 0 Å². The molecule has 1 aromatic carbocycles. The van der Waals surface area contributed by atoms with Crippen molar-refractivity contribution in [3.05, 3.63) is 39.7 Å². The summed E-state index contributed by atoms with van der Waals surface area (Å²) >= 11 is 2.28. The highest BCUT2D eigenvalue weighted by Crippen LogP contribution is 2.38. The van der Waals surface area contributed by atoms with Crippen molar-refractivity contribution in [2.24, 2.45) is 0 Å². The van der Waals surface area contributed by atoms with Gasteiger partial charge in [-0.25, -0.2) is 9.97 Å². The number of hydrogen-bond donors (Lipinski definition) is 2. The van der Waals surface area contributed by atoms with Gasteiger partial charge in [0.25, 0.3) is 0 Å². The molecule has 0 spiro atoms. The van der Waals surface area contributed by atoms with E-state index in [2.05, 4.69) is 50.0 Å². The Hall–Kier alpha value is -1.37. The van der Waals surface area contributed by atoms with Gasteiger partial charge in [-0.05, 0) is 59.7 Å². The van der Waals surface area contributed by atoms with Crippen LogP contribution in [0.4, 0.5) is 17.3 Å². The number of benzene rings is 1. The lowest BCUT2D eigenvalue weighted by Gasteiger charge is -2.08. The molecule has 5 heteroatoms. The monoisotopic (exact) mass is 352 g/mol. The predicted molar refractivity (Wildman–Crippen MR) is 80.9 cm³/mol. The molecule has 3 N–H and O–H groups in total. The van der Waals surface area contributed by atoms with Gasteiger partial charge in [-0.1, -0.05) is 0 Å². The quantitative estimate of drug-likeness (QED) is 0.833. The van der Waals surface area contributed by atoms with Crippen molar-refractivity contribution in [3.63, 3.8) is 0 Å². The summed E-state index contributed by atoms with van der Waals surface area (Å²) in [5.74, 6) is 2.67. The van der Waals surface area contributed by atoms with E-state index in [1.807, 2.05) is 12.1 Å². The van der Waals surface area contributed by atoms with E-state index in [9.17, 15) is 0 Å². The summed E-state index contributed by atoms with van der Waals surface area (Å²) in [6.07, 6.45) is 2.35. The summed E-state index contributed by atoms with van der Waals surface area (Å²) in [7, 11) is 0. The maximum Gasteiger partial charge on any atom is 0.136 e. The highest BCUT2D eigenvalue weighted by atomic mass is 127. The van der Waals surface area contributed by atoms with Crippen molar-refractivity contribution < 1.29 is 0 Å². The van der Waals surface area contributed by atoms with Crippen molar-refractivity contribution in [1.29, 1.82) is 0 Å². The molecule has 1 aliphatic rings. The van der Waals surface area contributed by atoms with Crippen LogP contribution in [0.5, 0.6) is 0 Å². The van der Waals surface area contributed by atoms with Crippen LogP contribution in [0.15, 0.2) is 30.3 Å². The second-order valence-electron chi connectivity index (χ2n) is 4.44. The Bertz CT molecular complexity index is 564. The molecule has 0 aliphatic heterocycles. The Labute approximate surface area is 119 Å². The van der Waals surface area contributed by atoms with Gasteiger partial charge in [-0.3, -0.25) is 0 Å². The molecule has 0 atom stereocenters. The van der Waals surface area contributed by atoms with Gasteiger partial charge in [0.05, 0.1) is 0 Å². The Balaban J connectivity index is 1.85. The summed E-state index contributed by atoms with van der Waals surface area (Å²) in [4.78, 5) is 8.79. The molecule has 0 unspecified atom stereocenters. The zero-order valence-electron chi connectivity index (χ0n) is 9.73. The van der Waals surface area contributed by atoms with Crippen LogP contribution in [-0.2, 0) is 0 Å². The zero-order chi connectivity index (χ0) is 12.5. The SMILES string of the molecule is Nc1cc(Nc2ccc(I)cc2)nc(C2CC2)n1. The van der Waals surface area contributed by atoms with Gasteiger partial charge >= 0.3 is 0 Å². The number of nitrogens with two attached hydrogens (primary N) is 1. The van der Waals surface area contributed by atoms with Gasteiger partial charge < -0.3 is 11.1 Å². The molecule has 2 aromatic rings. The highest BCUT2D eigenvalue weighted by Gasteiger charge is 2.27. The van der Waals surface area contributed by atoms with Crippen LogP contribution < -0.4 is 11.1 Å². The smallest absolute Gasteiger partial charge is 0.136 e. The van der Waals surface area contributed by atoms with Crippen LogP contribution in [0.25, 0.3) is 0 Å². The molecule has 1 fully saturated rings. The van der Waals surface area contributed by atoms with Gasteiger partial charge in [0.1, 0.15) is 17.5 Å². The van der Waals surface area contributed by atoms with E-state index >= 15 is 0 Å². The van der Waals surface area contributed by atoms with Crippen LogP contribution in [0.3, 0.4) is 0 Å². The molecule has 18 heavy (non-hydrogen) atoms. The molecule has 4 nitrogen and oxygen atoms in total. The van der Waals surface area contributed by atoms with E-state index in [0.717, 1.165) is 17.3 Å². The summed E-state index contributed by atoms with van der Waals surface area (Å²) < 4.78 is 1.21. The van der Waals surface area contributed by atoms with Gasteiger partial charge in [0, 0.05) is 21.2 Å². The van der Waals surface area contributed by atoms with Crippen molar-refractivity contribution in [2.75, 3.05) is 11.1 Å². The van der Waals surface area contributed by atoms with Crippen LogP contribution in [-0.4, -0.2) is 9.97 Å². The normalized spacial score (nSPS) is 14.5. The molecular formula is C13H13IN4. The number of nitrogen functional groups attached to an aromatic ring is 1. The maximum absolute atomic E-state index is 5.81. The van der Waals surface area contributed by atoms with Gasteiger partial charge in [0.2, 0.25) is 0 Å². The second-order valence-corrected chi connectivity index (χ2v) is 5.69. The average molecular weight is 352 g/mol. The highest BCUT2D eigenvalue weighted by molar-refractivity contribution is 14.1. The van der Waals surface area contributed by atoms with E-state index < -0.39 is 0 Å².